The summed E-state index contributed by atoms with van der Waals surface area (Å²) in [6.07, 6.45) is 0.785. The molecule has 0 spiro atoms. The maximum Gasteiger partial charge on any atom is 0.173 e. The summed E-state index contributed by atoms with van der Waals surface area (Å²) in [4.78, 5) is 11.4. The van der Waals surface area contributed by atoms with Crippen LogP contribution in [0.5, 0.6) is 0 Å². The average molecular weight is 262 g/mol. The standard InChI is InChI=1S/C10H10BrClO/c1-2-7-8(10(13)6-11)4-3-5-9(7)12/h3-5H,2,6H2,1H3. The van der Waals surface area contributed by atoms with Crippen LogP contribution in [0.15, 0.2) is 18.2 Å². The van der Waals surface area contributed by atoms with Gasteiger partial charge in [0, 0.05) is 10.6 Å². The van der Waals surface area contributed by atoms with Crippen molar-refractivity contribution in [2.75, 3.05) is 5.33 Å². The maximum atomic E-state index is 11.4. The van der Waals surface area contributed by atoms with Gasteiger partial charge < -0.3 is 0 Å². The molecule has 0 aromatic heterocycles. The Morgan fingerprint density at radius 3 is 2.77 bits per heavy atom. The molecule has 0 saturated carbocycles. The van der Waals surface area contributed by atoms with Crippen LogP contribution in [-0.4, -0.2) is 11.1 Å². The van der Waals surface area contributed by atoms with Crippen LogP contribution in [0, 0.1) is 0 Å². The summed E-state index contributed by atoms with van der Waals surface area (Å²) in [5, 5.41) is 1.02. The third-order valence-corrected chi connectivity index (χ3v) is 2.76. The first kappa shape index (κ1) is 10.7. The summed E-state index contributed by atoms with van der Waals surface area (Å²) in [6, 6.07) is 5.43. The molecule has 0 aliphatic carbocycles. The van der Waals surface area contributed by atoms with Gasteiger partial charge in [0.1, 0.15) is 0 Å². The number of carbonyl (C=O) groups is 1. The lowest BCUT2D eigenvalue weighted by Gasteiger charge is -2.06. The van der Waals surface area contributed by atoms with Crippen LogP contribution in [0.3, 0.4) is 0 Å². The zero-order valence-electron chi connectivity index (χ0n) is 7.31. The molecule has 13 heavy (non-hydrogen) atoms. The predicted molar refractivity (Wildman–Crippen MR) is 59.0 cm³/mol. The van der Waals surface area contributed by atoms with Gasteiger partial charge in [-0.3, -0.25) is 4.79 Å². The molecule has 70 valence electrons. The zero-order valence-corrected chi connectivity index (χ0v) is 9.65. The van der Waals surface area contributed by atoms with Gasteiger partial charge in [0.05, 0.1) is 5.33 Å². The molecule has 1 aromatic rings. The number of Topliss-reactive ketones (excluding diaryl/α,β-unsaturated/α-hetero) is 1. The fraction of sp³-hybridized carbons (Fsp3) is 0.300. The summed E-state index contributed by atoms with van der Waals surface area (Å²) < 4.78 is 0. The van der Waals surface area contributed by atoms with Crippen LogP contribution >= 0.6 is 27.5 Å². The van der Waals surface area contributed by atoms with Crippen molar-refractivity contribution in [1.29, 1.82) is 0 Å². The van der Waals surface area contributed by atoms with E-state index in [4.69, 9.17) is 11.6 Å². The molecule has 1 nitrogen and oxygen atoms in total. The van der Waals surface area contributed by atoms with Crippen molar-refractivity contribution in [3.05, 3.63) is 34.3 Å². The van der Waals surface area contributed by atoms with Gasteiger partial charge in [0.2, 0.25) is 0 Å². The second kappa shape index (κ2) is 4.77. The van der Waals surface area contributed by atoms with Crippen LogP contribution in [-0.2, 0) is 6.42 Å². The van der Waals surface area contributed by atoms with Crippen LogP contribution in [0.1, 0.15) is 22.8 Å². The monoisotopic (exact) mass is 260 g/mol. The minimum atomic E-state index is 0.0827. The van der Waals surface area contributed by atoms with Crippen LogP contribution in [0.2, 0.25) is 5.02 Å². The van der Waals surface area contributed by atoms with Gasteiger partial charge in [0.25, 0.3) is 0 Å². The van der Waals surface area contributed by atoms with Crippen LogP contribution in [0.25, 0.3) is 0 Å². The molecular formula is C10H10BrClO. The maximum absolute atomic E-state index is 11.4. The van der Waals surface area contributed by atoms with Gasteiger partial charge in [-0.2, -0.15) is 0 Å². The predicted octanol–water partition coefficient (Wildman–Crippen LogP) is 3.48. The minimum absolute atomic E-state index is 0.0827. The van der Waals surface area contributed by atoms with E-state index in [-0.39, 0.29) is 5.78 Å². The van der Waals surface area contributed by atoms with Crippen molar-refractivity contribution >= 4 is 33.3 Å². The summed E-state index contributed by atoms with van der Waals surface area (Å²) in [6.45, 7) is 1.99. The van der Waals surface area contributed by atoms with Crippen molar-refractivity contribution in [2.45, 2.75) is 13.3 Å². The molecule has 0 amide bonds. The second-order valence-electron chi connectivity index (χ2n) is 2.68. The lowest BCUT2D eigenvalue weighted by Crippen LogP contribution is -2.04. The van der Waals surface area contributed by atoms with E-state index >= 15 is 0 Å². The number of carbonyl (C=O) groups excluding carboxylic acids is 1. The topological polar surface area (TPSA) is 17.1 Å². The fourth-order valence-electron chi connectivity index (χ4n) is 1.25. The molecule has 1 rings (SSSR count). The number of alkyl halides is 1. The Balaban J connectivity index is 3.20. The van der Waals surface area contributed by atoms with Gasteiger partial charge in [-0.25, -0.2) is 0 Å². The minimum Gasteiger partial charge on any atom is -0.293 e. The van der Waals surface area contributed by atoms with Gasteiger partial charge in [-0.1, -0.05) is 46.6 Å². The van der Waals surface area contributed by atoms with Crippen molar-refractivity contribution < 1.29 is 4.79 Å². The lowest BCUT2D eigenvalue weighted by molar-refractivity contribution is 0.102. The Morgan fingerprint density at radius 2 is 2.23 bits per heavy atom. The SMILES string of the molecule is CCc1c(Cl)cccc1C(=O)CBr. The van der Waals surface area contributed by atoms with Crippen LogP contribution < -0.4 is 0 Å². The van der Waals surface area contributed by atoms with Crippen LogP contribution in [0.4, 0.5) is 0 Å². The molecule has 0 radical (unpaired) electrons. The molecule has 0 aliphatic heterocycles. The van der Waals surface area contributed by atoms with Gasteiger partial charge in [-0.15, -0.1) is 0 Å². The Labute approximate surface area is 91.2 Å². The van der Waals surface area contributed by atoms with E-state index in [2.05, 4.69) is 15.9 Å². The molecule has 0 N–H and O–H groups in total. The van der Waals surface area contributed by atoms with E-state index in [9.17, 15) is 4.79 Å². The molecule has 0 fully saturated rings. The molecular weight excluding hydrogens is 251 g/mol. The highest BCUT2D eigenvalue weighted by atomic mass is 79.9. The molecule has 0 atom stereocenters. The van der Waals surface area contributed by atoms with E-state index in [1.54, 1.807) is 6.07 Å². The van der Waals surface area contributed by atoms with Crippen molar-refractivity contribution in [1.82, 2.24) is 0 Å². The lowest BCUT2D eigenvalue weighted by atomic mass is 10.0. The number of rotatable bonds is 3. The van der Waals surface area contributed by atoms with Gasteiger partial charge >= 0.3 is 0 Å². The quantitative estimate of drug-likeness (QED) is 0.601. The molecule has 0 saturated heterocycles. The highest BCUT2D eigenvalue weighted by Crippen LogP contribution is 2.21. The Bertz CT molecular complexity index is 323. The summed E-state index contributed by atoms with van der Waals surface area (Å²) in [5.41, 5.74) is 1.67. The summed E-state index contributed by atoms with van der Waals surface area (Å²) in [7, 11) is 0. The first-order valence-electron chi connectivity index (χ1n) is 4.07. The summed E-state index contributed by atoms with van der Waals surface area (Å²) >= 11 is 9.11. The Hall–Kier alpha value is -0.340. The number of hydrogen-bond acceptors (Lipinski definition) is 1. The molecule has 0 unspecified atom stereocenters. The smallest absolute Gasteiger partial charge is 0.173 e. The van der Waals surface area contributed by atoms with E-state index < -0.39 is 0 Å². The zero-order chi connectivity index (χ0) is 9.84. The highest BCUT2D eigenvalue weighted by Gasteiger charge is 2.10. The van der Waals surface area contributed by atoms with Crippen molar-refractivity contribution in [3.8, 4) is 0 Å². The third kappa shape index (κ3) is 2.32. The van der Waals surface area contributed by atoms with E-state index in [1.807, 2.05) is 19.1 Å². The second-order valence-corrected chi connectivity index (χ2v) is 3.64. The number of ketones is 1. The van der Waals surface area contributed by atoms with E-state index in [0.29, 0.717) is 10.4 Å². The number of benzene rings is 1. The molecule has 0 aliphatic rings. The number of hydrogen-bond donors (Lipinski definition) is 0. The Morgan fingerprint density at radius 1 is 1.54 bits per heavy atom. The van der Waals surface area contributed by atoms with E-state index in [0.717, 1.165) is 17.5 Å². The normalized spacial score (nSPS) is 10.1. The fourth-order valence-corrected chi connectivity index (χ4v) is 1.86. The van der Waals surface area contributed by atoms with Gasteiger partial charge in [0.15, 0.2) is 5.78 Å². The largest absolute Gasteiger partial charge is 0.293 e. The van der Waals surface area contributed by atoms with E-state index in [1.165, 1.54) is 0 Å². The number of halogens is 2. The highest BCUT2D eigenvalue weighted by molar-refractivity contribution is 9.09. The third-order valence-electron chi connectivity index (χ3n) is 1.89. The average Bonchev–Trinajstić information content (AvgIpc) is 2.16. The molecule has 1 aromatic carbocycles. The first-order valence-corrected chi connectivity index (χ1v) is 5.57. The van der Waals surface area contributed by atoms with Gasteiger partial charge in [-0.05, 0) is 18.1 Å². The first-order chi connectivity index (χ1) is 6.20. The summed E-state index contributed by atoms with van der Waals surface area (Å²) in [5.74, 6) is 0.0827. The molecule has 3 heteroatoms. The van der Waals surface area contributed by atoms with Crippen molar-refractivity contribution in [2.24, 2.45) is 0 Å². The Kier molecular flexibility index (Phi) is 3.94. The molecule has 0 heterocycles. The molecule has 0 bridgehead atoms. The van der Waals surface area contributed by atoms with Crippen molar-refractivity contribution in [3.63, 3.8) is 0 Å².